The Bertz CT molecular complexity index is 1670. The maximum Gasteiger partial charge on any atom is 0.263 e. The number of hydrogen-bond donors (Lipinski definition) is 2. The van der Waals surface area contributed by atoms with E-state index in [1.165, 1.54) is 16.7 Å². The van der Waals surface area contributed by atoms with Gasteiger partial charge in [-0.25, -0.2) is 4.21 Å². The third-order valence-corrected chi connectivity index (χ3v) is 12.3. The van der Waals surface area contributed by atoms with E-state index in [1.54, 1.807) is 6.07 Å². The minimum Gasteiger partial charge on any atom is -0.491 e. The summed E-state index contributed by atoms with van der Waals surface area (Å²) in [6, 6.07) is 22.4. The number of allylic oxidation sites excluding steroid dienone is 1. The Morgan fingerprint density at radius 1 is 1.13 bits per heavy atom. The van der Waals surface area contributed by atoms with Crippen molar-refractivity contribution in [2.24, 2.45) is 23.7 Å². The van der Waals surface area contributed by atoms with Crippen LogP contribution in [-0.4, -0.2) is 64.8 Å². The Labute approximate surface area is 319 Å². The van der Waals surface area contributed by atoms with Gasteiger partial charge in [0.1, 0.15) is 16.7 Å². The van der Waals surface area contributed by atoms with E-state index in [2.05, 4.69) is 83.8 Å². The van der Waals surface area contributed by atoms with Gasteiger partial charge in [0.25, 0.3) is 5.91 Å². The van der Waals surface area contributed by atoms with Gasteiger partial charge in [0, 0.05) is 54.5 Å². The fraction of sp³-hybridized carbons (Fsp3) is 0.512. The van der Waals surface area contributed by atoms with E-state index in [0.29, 0.717) is 42.4 Å². The Kier molecular flexibility index (Phi) is 14.8. The summed E-state index contributed by atoms with van der Waals surface area (Å²) in [5.41, 5.74) is 5.15. The van der Waals surface area contributed by atoms with Gasteiger partial charge in [-0.2, -0.15) is 0 Å². The van der Waals surface area contributed by atoms with E-state index >= 15 is 0 Å². The minimum atomic E-state index is -1.47. The highest BCUT2D eigenvalue weighted by atomic mass is 35.5. The molecule has 2 aliphatic rings. The number of aryl methyl sites for hydroxylation is 1. The van der Waals surface area contributed by atoms with Crippen molar-refractivity contribution in [2.75, 3.05) is 44.3 Å². The van der Waals surface area contributed by atoms with Gasteiger partial charge in [-0.1, -0.05) is 87.3 Å². The van der Waals surface area contributed by atoms with Crippen LogP contribution in [0.2, 0.25) is 5.02 Å². The highest BCUT2D eigenvalue weighted by Gasteiger charge is 2.43. The zero-order chi connectivity index (χ0) is 37.2. The molecular formula is C43H58ClN3O4S. The number of benzene rings is 3. The number of rotatable bonds is 17. The van der Waals surface area contributed by atoms with Crippen molar-refractivity contribution in [3.05, 3.63) is 106 Å². The molecule has 5 rings (SSSR count). The second kappa shape index (κ2) is 19.2. The summed E-state index contributed by atoms with van der Waals surface area (Å²) in [5.74, 6) is 2.26. The van der Waals surface area contributed by atoms with E-state index in [-0.39, 0.29) is 23.7 Å². The van der Waals surface area contributed by atoms with Crippen LogP contribution in [0.1, 0.15) is 86.8 Å². The molecule has 282 valence electrons. The first-order valence-electron chi connectivity index (χ1n) is 19.2. The zero-order valence-electron chi connectivity index (χ0n) is 31.6. The van der Waals surface area contributed by atoms with Crippen LogP contribution in [0.3, 0.4) is 0 Å². The van der Waals surface area contributed by atoms with E-state index < -0.39 is 11.0 Å². The molecular weight excluding hydrogens is 690 g/mol. The average molecular weight is 748 g/mol. The molecule has 1 aliphatic carbocycles. The van der Waals surface area contributed by atoms with Crippen molar-refractivity contribution < 1.29 is 18.8 Å². The molecule has 3 aromatic rings. The van der Waals surface area contributed by atoms with Crippen LogP contribution < -0.4 is 14.4 Å². The maximum atomic E-state index is 13.3. The van der Waals surface area contributed by atoms with Gasteiger partial charge >= 0.3 is 0 Å². The molecule has 0 aromatic heterocycles. The Morgan fingerprint density at radius 3 is 2.62 bits per heavy atom. The SMILES string of the molecule is CC/C=C/C(CN(CCO)Cc1ccccc1)C1CC(C)C1CN1CC(c2ccc(Cl)cc2CCC)COc2ccc(C(=O)NS(=O)C(C)C)cc21. The van der Waals surface area contributed by atoms with Crippen LogP contribution >= 0.6 is 11.6 Å². The van der Waals surface area contributed by atoms with Crippen LogP contribution in [0.4, 0.5) is 5.69 Å². The van der Waals surface area contributed by atoms with Crippen LogP contribution in [0.15, 0.2) is 78.9 Å². The fourth-order valence-electron chi connectivity index (χ4n) is 7.96. The van der Waals surface area contributed by atoms with E-state index in [9.17, 15) is 14.1 Å². The number of halogens is 1. The molecule has 0 bridgehead atoms. The average Bonchev–Trinajstić information content (AvgIpc) is 3.31. The number of amides is 1. The Morgan fingerprint density at radius 2 is 1.92 bits per heavy atom. The number of ether oxygens (including phenoxy) is 1. The maximum absolute atomic E-state index is 13.3. The minimum absolute atomic E-state index is 0.104. The molecule has 0 radical (unpaired) electrons. The third kappa shape index (κ3) is 10.3. The zero-order valence-corrected chi connectivity index (χ0v) is 33.2. The standard InChI is InChI=1S/C43H58ClN3O4S/c1-6-8-15-35(26-46(20-21-48)25-32-13-10-9-11-14-32)39-22-31(5)40(39)28-47-27-36(38-18-17-37(44)23-33(38)12-7-2)29-51-42-19-16-34(24-41(42)47)43(49)45-52(50)30(3)4/h8-11,13-19,23-24,30-31,35-36,39-40,48H,6-7,12,20-22,25-29H2,1-5H3,(H,45,49)/b15-8+. The molecule has 9 heteroatoms. The molecule has 0 saturated heterocycles. The van der Waals surface area contributed by atoms with Crippen molar-refractivity contribution in [3.63, 3.8) is 0 Å². The largest absolute Gasteiger partial charge is 0.491 e. The van der Waals surface area contributed by atoms with Gasteiger partial charge in [-0.3, -0.25) is 14.4 Å². The Balaban J connectivity index is 1.47. The summed E-state index contributed by atoms with van der Waals surface area (Å²) in [6.07, 6.45) is 8.81. The van der Waals surface area contributed by atoms with Gasteiger partial charge in [-0.05, 0) is 104 Å². The number of carbonyl (C=O) groups excluding carboxylic acids is 1. The van der Waals surface area contributed by atoms with Crippen LogP contribution in [-0.2, 0) is 24.0 Å². The van der Waals surface area contributed by atoms with Crippen molar-refractivity contribution in [1.82, 2.24) is 9.62 Å². The van der Waals surface area contributed by atoms with Crippen LogP contribution in [0, 0.1) is 23.7 Å². The normalized spacial score (nSPS) is 21.4. The molecule has 1 heterocycles. The molecule has 1 saturated carbocycles. The summed E-state index contributed by atoms with van der Waals surface area (Å²) in [6.45, 7) is 14.9. The van der Waals surface area contributed by atoms with E-state index in [0.717, 1.165) is 68.3 Å². The molecule has 52 heavy (non-hydrogen) atoms. The molecule has 6 atom stereocenters. The lowest BCUT2D eigenvalue weighted by Crippen LogP contribution is -2.49. The molecule has 3 aromatic carbocycles. The first-order chi connectivity index (χ1) is 25.1. The summed E-state index contributed by atoms with van der Waals surface area (Å²) in [5, 5.41) is 10.6. The Hall–Kier alpha value is -3.17. The van der Waals surface area contributed by atoms with Gasteiger partial charge < -0.3 is 14.7 Å². The smallest absolute Gasteiger partial charge is 0.263 e. The number of hydrogen-bond acceptors (Lipinski definition) is 6. The molecule has 2 N–H and O–H groups in total. The molecule has 1 aliphatic heterocycles. The van der Waals surface area contributed by atoms with Gasteiger partial charge in [-0.15, -0.1) is 0 Å². The highest BCUT2D eigenvalue weighted by Crippen LogP contribution is 2.48. The molecule has 0 spiro atoms. The predicted octanol–water partition coefficient (Wildman–Crippen LogP) is 8.43. The van der Waals surface area contributed by atoms with Gasteiger partial charge in [0.2, 0.25) is 0 Å². The quantitative estimate of drug-likeness (QED) is 0.135. The molecule has 6 unspecified atom stereocenters. The molecule has 1 fully saturated rings. The number of carbonyl (C=O) groups is 1. The topological polar surface area (TPSA) is 82.1 Å². The van der Waals surface area contributed by atoms with Gasteiger partial charge in [0.15, 0.2) is 0 Å². The van der Waals surface area contributed by atoms with Crippen molar-refractivity contribution in [1.29, 1.82) is 0 Å². The molecule has 1 amide bonds. The van der Waals surface area contributed by atoms with E-state index in [1.807, 2.05) is 38.1 Å². The number of aliphatic hydroxyl groups is 1. The second-order valence-corrected chi connectivity index (χ2v) is 17.1. The number of nitrogens with one attached hydrogen (secondary N) is 1. The summed E-state index contributed by atoms with van der Waals surface area (Å²) >= 11 is 6.50. The molecule has 7 nitrogen and oxygen atoms in total. The van der Waals surface area contributed by atoms with Crippen LogP contribution in [0.25, 0.3) is 0 Å². The lowest BCUT2D eigenvalue weighted by Gasteiger charge is -2.50. The predicted molar refractivity (Wildman–Crippen MR) is 216 cm³/mol. The highest BCUT2D eigenvalue weighted by molar-refractivity contribution is 7.84. The summed E-state index contributed by atoms with van der Waals surface area (Å²) in [4.78, 5) is 18.2. The number of nitrogens with zero attached hydrogens (tertiary/aromatic N) is 2. The first-order valence-corrected chi connectivity index (χ1v) is 20.8. The lowest BCUT2D eigenvalue weighted by molar-refractivity contribution is 0.0368. The van der Waals surface area contributed by atoms with Crippen LogP contribution in [0.5, 0.6) is 5.75 Å². The number of anilines is 1. The lowest BCUT2D eigenvalue weighted by atomic mass is 9.60. The van der Waals surface area contributed by atoms with Crippen molar-refractivity contribution >= 4 is 34.2 Å². The third-order valence-electron chi connectivity index (χ3n) is 10.8. The van der Waals surface area contributed by atoms with E-state index in [4.69, 9.17) is 16.3 Å². The van der Waals surface area contributed by atoms with Crippen molar-refractivity contribution in [2.45, 2.75) is 78.0 Å². The fourth-order valence-corrected chi connectivity index (χ4v) is 8.69. The number of aliphatic hydroxyl groups excluding tert-OH is 1. The summed E-state index contributed by atoms with van der Waals surface area (Å²) in [7, 11) is -1.47. The monoisotopic (exact) mass is 747 g/mol. The van der Waals surface area contributed by atoms with Crippen molar-refractivity contribution in [3.8, 4) is 5.75 Å². The first kappa shape index (κ1) is 40.0. The summed E-state index contributed by atoms with van der Waals surface area (Å²) < 4.78 is 21.8. The van der Waals surface area contributed by atoms with Gasteiger partial charge in [0.05, 0.1) is 18.9 Å². The number of fused-ring (bicyclic) bond motifs is 1. The second-order valence-electron chi connectivity index (χ2n) is 15.0.